The highest BCUT2D eigenvalue weighted by molar-refractivity contribution is 5.59. The van der Waals surface area contributed by atoms with Gasteiger partial charge in [-0.2, -0.15) is 0 Å². The minimum Gasteiger partial charge on any atom is -0.496 e. The Labute approximate surface area is 78.0 Å². The molecule has 1 aromatic rings. The topological polar surface area (TPSA) is 9.23 Å². The number of benzene rings is 1. The normalized spacial score (nSPS) is 17.8. The molecule has 1 aromatic carbocycles. The van der Waals surface area contributed by atoms with E-state index in [1.165, 1.54) is 36.0 Å². The first-order valence-corrected chi connectivity index (χ1v) is 4.87. The van der Waals surface area contributed by atoms with E-state index in [-0.39, 0.29) is 0 Å². The Hall–Kier alpha value is -1.24. The van der Waals surface area contributed by atoms with E-state index in [4.69, 9.17) is 4.74 Å². The highest BCUT2D eigenvalue weighted by Gasteiger charge is 2.18. The lowest BCUT2D eigenvalue weighted by molar-refractivity contribution is 0.233. The molecule has 2 aliphatic rings. The molecule has 3 rings (SSSR count). The van der Waals surface area contributed by atoms with E-state index >= 15 is 0 Å². The maximum atomic E-state index is 5.34. The third kappa shape index (κ3) is 0.998. The fourth-order valence-corrected chi connectivity index (χ4v) is 2.34. The lowest BCUT2D eigenvalue weighted by atomic mass is 9.97. The molecule has 1 heterocycles. The number of rotatable bonds is 0. The van der Waals surface area contributed by atoms with Crippen LogP contribution in [0.25, 0.3) is 6.08 Å². The standard InChI is InChI=1S/C12H12O/c1-2-9-4-5-10-6-7-13-8-12(10)11(9)3-1/h4-7H,1-3,8H2. The Morgan fingerprint density at radius 1 is 1.08 bits per heavy atom. The zero-order valence-electron chi connectivity index (χ0n) is 7.55. The fourth-order valence-electron chi connectivity index (χ4n) is 2.34. The van der Waals surface area contributed by atoms with E-state index in [0.717, 1.165) is 6.61 Å². The summed E-state index contributed by atoms with van der Waals surface area (Å²) >= 11 is 0. The zero-order chi connectivity index (χ0) is 8.67. The minimum absolute atomic E-state index is 0.773. The van der Waals surface area contributed by atoms with Crippen LogP contribution in [0.1, 0.15) is 28.7 Å². The van der Waals surface area contributed by atoms with Gasteiger partial charge in [0.15, 0.2) is 0 Å². The summed E-state index contributed by atoms with van der Waals surface area (Å²) in [6.45, 7) is 0.773. The van der Waals surface area contributed by atoms with Crippen LogP contribution in [0, 0.1) is 0 Å². The van der Waals surface area contributed by atoms with Gasteiger partial charge in [-0.3, -0.25) is 0 Å². The summed E-state index contributed by atoms with van der Waals surface area (Å²) in [6, 6.07) is 4.50. The molecule has 66 valence electrons. The quantitative estimate of drug-likeness (QED) is 0.584. The van der Waals surface area contributed by atoms with Crippen molar-refractivity contribution >= 4 is 6.08 Å². The molecule has 0 atom stereocenters. The highest BCUT2D eigenvalue weighted by atomic mass is 16.5. The van der Waals surface area contributed by atoms with E-state index in [2.05, 4.69) is 18.2 Å². The summed E-state index contributed by atoms with van der Waals surface area (Å²) in [5.41, 5.74) is 5.88. The molecular weight excluding hydrogens is 160 g/mol. The van der Waals surface area contributed by atoms with Gasteiger partial charge in [-0.05, 0) is 42.0 Å². The van der Waals surface area contributed by atoms with Crippen molar-refractivity contribution in [2.75, 3.05) is 0 Å². The number of ether oxygens (including phenoxy) is 1. The summed E-state index contributed by atoms with van der Waals surface area (Å²) in [4.78, 5) is 0. The SMILES string of the molecule is C1=Cc2ccc3c(c2CO1)CCC3. The first-order valence-electron chi connectivity index (χ1n) is 4.87. The Morgan fingerprint density at radius 2 is 2.08 bits per heavy atom. The van der Waals surface area contributed by atoms with Gasteiger partial charge in [0.2, 0.25) is 0 Å². The van der Waals surface area contributed by atoms with Crippen LogP contribution in [-0.4, -0.2) is 0 Å². The maximum Gasteiger partial charge on any atom is 0.113 e. The Kier molecular flexibility index (Phi) is 1.45. The lowest BCUT2D eigenvalue weighted by Gasteiger charge is -2.15. The zero-order valence-corrected chi connectivity index (χ0v) is 7.55. The molecule has 0 radical (unpaired) electrons. The molecule has 1 heteroatoms. The summed E-state index contributed by atoms with van der Waals surface area (Å²) < 4.78 is 5.34. The smallest absolute Gasteiger partial charge is 0.113 e. The molecule has 0 fully saturated rings. The number of fused-ring (bicyclic) bond motifs is 3. The van der Waals surface area contributed by atoms with Crippen LogP contribution in [0.5, 0.6) is 0 Å². The average molecular weight is 172 g/mol. The fraction of sp³-hybridized carbons (Fsp3) is 0.333. The van der Waals surface area contributed by atoms with Crippen molar-refractivity contribution in [2.24, 2.45) is 0 Å². The van der Waals surface area contributed by atoms with Crippen molar-refractivity contribution in [1.29, 1.82) is 0 Å². The molecule has 0 spiro atoms. The number of aryl methyl sites for hydroxylation is 1. The second-order valence-corrected chi connectivity index (χ2v) is 3.74. The van der Waals surface area contributed by atoms with Crippen LogP contribution in [0.15, 0.2) is 18.4 Å². The van der Waals surface area contributed by atoms with Gasteiger partial charge in [0.05, 0.1) is 6.26 Å². The third-order valence-electron chi connectivity index (χ3n) is 3.01. The monoisotopic (exact) mass is 172 g/mol. The predicted molar refractivity (Wildman–Crippen MR) is 52.3 cm³/mol. The average Bonchev–Trinajstić information content (AvgIpc) is 2.65. The van der Waals surface area contributed by atoms with Crippen molar-refractivity contribution in [3.05, 3.63) is 40.6 Å². The van der Waals surface area contributed by atoms with Crippen molar-refractivity contribution in [2.45, 2.75) is 25.9 Å². The molecular formula is C12H12O. The van der Waals surface area contributed by atoms with Gasteiger partial charge in [-0.25, -0.2) is 0 Å². The summed E-state index contributed by atoms with van der Waals surface area (Å²) in [5.74, 6) is 0. The van der Waals surface area contributed by atoms with Crippen molar-refractivity contribution < 1.29 is 4.74 Å². The maximum absolute atomic E-state index is 5.34. The largest absolute Gasteiger partial charge is 0.496 e. The summed E-state index contributed by atoms with van der Waals surface area (Å²) in [5, 5.41) is 0. The number of hydrogen-bond acceptors (Lipinski definition) is 1. The Bertz CT molecular complexity index is 377. The van der Waals surface area contributed by atoms with Crippen LogP contribution in [0.4, 0.5) is 0 Å². The van der Waals surface area contributed by atoms with Gasteiger partial charge in [0, 0.05) is 5.56 Å². The Morgan fingerprint density at radius 3 is 3.08 bits per heavy atom. The molecule has 0 unspecified atom stereocenters. The van der Waals surface area contributed by atoms with E-state index in [1.807, 2.05) is 0 Å². The second kappa shape index (κ2) is 2.63. The molecule has 13 heavy (non-hydrogen) atoms. The molecule has 0 amide bonds. The molecule has 1 aliphatic carbocycles. The molecule has 0 saturated heterocycles. The van der Waals surface area contributed by atoms with Crippen LogP contribution >= 0.6 is 0 Å². The Balaban J connectivity index is 2.23. The first kappa shape index (κ1) is 7.19. The third-order valence-corrected chi connectivity index (χ3v) is 3.01. The van der Waals surface area contributed by atoms with E-state index in [0.29, 0.717) is 0 Å². The lowest BCUT2D eigenvalue weighted by Crippen LogP contribution is -2.01. The van der Waals surface area contributed by atoms with Gasteiger partial charge in [0.25, 0.3) is 0 Å². The van der Waals surface area contributed by atoms with Crippen molar-refractivity contribution in [1.82, 2.24) is 0 Å². The molecule has 1 nitrogen and oxygen atoms in total. The van der Waals surface area contributed by atoms with Crippen LogP contribution in [0.2, 0.25) is 0 Å². The van der Waals surface area contributed by atoms with Gasteiger partial charge in [-0.1, -0.05) is 12.1 Å². The molecule has 0 aromatic heterocycles. The molecule has 1 aliphatic heterocycles. The van der Waals surface area contributed by atoms with Gasteiger partial charge >= 0.3 is 0 Å². The summed E-state index contributed by atoms with van der Waals surface area (Å²) in [7, 11) is 0. The van der Waals surface area contributed by atoms with Crippen molar-refractivity contribution in [3.8, 4) is 0 Å². The van der Waals surface area contributed by atoms with Crippen LogP contribution in [-0.2, 0) is 24.2 Å². The molecule has 0 N–H and O–H groups in total. The van der Waals surface area contributed by atoms with Gasteiger partial charge in [0.1, 0.15) is 6.61 Å². The summed E-state index contributed by atoms with van der Waals surface area (Å²) in [6.07, 6.45) is 7.68. The van der Waals surface area contributed by atoms with Gasteiger partial charge in [-0.15, -0.1) is 0 Å². The number of hydrogen-bond donors (Lipinski definition) is 0. The first-order chi connectivity index (χ1) is 6.45. The second-order valence-electron chi connectivity index (χ2n) is 3.74. The molecule has 0 bridgehead atoms. The van der Waals surface area contributed by atoms with Gasteiger partial charge < -0.3 is 4.74 Å². The molecule has 0 saturated carbocycles. The van der Waals surface area contributed by atoms with Crippen LogP contribution < -0.4 is 0 Å². The van der Waals surface area contributed by atoms with E-state index in [1.54, 1.807) is 11.8 Å². The van der Waals surface area contributed by atoms with Crippen molar-refractivity contribution in [3.63, 3.8) is 0 Å². The highest BCUT2D eigenvalue weighted by Crippen LogP contribution is 2.30. The predicted octanol–water partition coefficient (Wildman–Crippen LogP) is 2.68. The van der Waals surface area contributed by atoms with Crippen LogP contribution in [0.3, 0.4) is 0 Å². The van der Waals surface area contributed by atoms with E-state index in [9.17, 15) is 0 Å². The van der Waals surface area contributed by atoms with E-state index < -0.39 is 0 Å². The minimum atomic E-state index is 0.773.